The Labute approximate surface area is 98.6 Å². The summed E-state index contributed by atoms with van der Waals surface area (Å²) < 4.78 is 0. The molecule has 16 heavy (non-hydrogen) atoms. The number of carbonyl (C=O) groups is 1. The monoisotopic (exact) mass is 234 g/mol. The van der Waals surface area contributed by atoms with Crippen molar-refractivity contribution in [3.63, 3.8) is 0 Å². The van der Waals surface area contributed by atoms with E-state index in [-0.39, 0.29) is 5.91 Å². The Morgan fingerprint density at radius 2 is 2.31 bits per heavy atom. The van der Waals surface area contributed by atoms with Crippen molar-refractivity contribution in [2.24, 2.45) is 0 Å². The Hall–Kier alpha value is -1.42. The molecule has 2 aromatic rings. The van der Waals surface area contributed by atoms with Gasteiger partial charge < -0.3 is 10.3 Å². The van der Waals surface area contributed by atoms with Crippen LogP contribution in [0.2, 0.25) is 0 Å². The van der Waals surface area contributed by atoms with Crippen molar-refractivity contribution in [1.29, 1.82) is 0 Å². The van der Waals surface area contributed by atoms with E-state index >= 15 is 0 Å². The van der Waals surface area contributed by atoms with Crippen molar-refractivity contribution in [3.8, 4) is 0 Å². The van der Waals surface area contributed by atoms with Gasteiger partial charge in [0.1, 0.15) is 0 Å². The summed E-state index contributed by atoms with van der Waals surface area (Å²) in [5.41, 5.74) is 1.62. The van der Waals surface area contributed by atoms with Crippen LogP contribution in [0.1, 0.15) is 10.4 Å². The molecule has 0 saturated carbocycles. The first-order chi connectivity index (χ1) is 7.83. The third kappa shape index (κ3) is 2.22. The van der Waals surface area contributed by atoms with Gasteiger partial charge in [0.05, 0.1) is 11.1 Å². The number of hydrogen-bond donors (Lipinski definition) is 2. The summed E-state index contributed by atoms with van der Waals surface area (Å²) in [7, 11) is 0. The highest BCUT2D eigenvalue weighted by atomic mass is 32.2. The zero-order valence-corrected chi connectivity index (χ0v) is 9.93. The van der Waals surface area contributed by atoms with Gasteiger partial charge in [-0.2, -0.15) is 11.8 Å². The van der Waals surface area contributed by atoms with Crippen LogP contribution in [0, 0.1) is 0 Å². The minimum atomic E-state index is -0.0119. The van der Waals surface area contributed by atoms with E-state index in [1.165, 1.54) is 0 Å². The fraction of sp³-hybridized carbons (Fsp3) is 0.250. The van der Waals surface area contributed by atoms with Gasteiger partial charge in [0.15, 0.2) is 0 Å². The van der Waals surface area contributed by atoms with Crippen molar-refractivity contribution >= 4 is 28.6 Å². The SMILES string of the molecule is CSCCNC(=O)c1cccc2cc[nH]c12. The molecule has 1 heterocycles. The predicted octanol–water partition coefficient (Wildman–Crippen LogP) is 2.26. The van der Waals surface area contributed by atoms with E-state index in [9.17, 15) is 4.79 Å². The number of nitrogens with one attached hydrogen (secondary N) is 2. The molecule has 0 atom stereocenters. The number of benzene rings is 1. The average Bonchev–Trinajstić information content (AvgIpc) is 2.76. The van der Waals surface area contributed by atoms with Gasteiger partial charge in [0, 0.05) is 23.9 Å². The third-order valence-electron chi connectivity index (χ3n) is 2.42. The van der Waals surface area contributed by atoms with Gasteiger partial charge in [0.2, 0.25) is 0 Å². The molecule has 0 saturated heterocycles. The number of H-pyrrole nitrogens is 1. The molecular weight excluding hydrogens is 220 g/mol. The molecule has 1 aromatic heterocycles. The largest absolute Gasteiger partial charge is 0.361 e. The lowest BCUT2D eigenvalue weighted by molar-refractivity contribution is 0.0957. The maximum absolute atomic E-state index is 11.9. The van der Waals surface area contributed by atoms with Crippen LogP contribution >= 0.6 is 11.8 Å². The first-order valence-corrected chi connectivity index (χ1v) is 6.55. The van der Waals surface area contributed by atoms with Gasteiger partial charge in [-0.25, -0.2) is 0 Å². The fourth-order valence-electron chi connectivity index (χ4n) is 1.64. The minimum absolute atomic E-state index is 0.0119. The minimum Gasteiger partial charge on any atom is -0.361 e. The highest BCUT2D eigenvalue weighted by molar-refractivity contribution is 7.98. The highest BCUT2D eigenvalue weighted by Gasteiger charge is 2.09. The second-order valence-electron chi connectivity index (χ2n) is 3.50. The van der Waals surface area contributed by atoms with E-state index < -0.39 is 0 Å². The number of thioether (sulfide) groups is 1. The van der Waals surface area contributed by atoms with Crippen molar-refractivity contribution < 1.29 is 4.79 Å². The topological polar surface area (TPSA) is 44.9 Å². The molecule has 0 radical (unpaired) electrons. The van der Waals surface area contributed by atoms with E-state index in [1.807, 2.05) is 36.7 Å². The number of para-hydroxylation sites is 1. The van der Waals surface area contributed by atoms with Crippen LogP contribution in [0.3, 0.4) is 0 Å². The number of aromatic amines is 1. The van der Waals surface area contributed by atoms with E-state index in [2.05, 4.69) is 10.3 Å². The third-order valence-corrected chi connectivity index (χ3v) is 3.04. The van der Waals surface area contributed by atoms with E-state index in [0.29, 0.717) is 12.1 Å². The van der Waals surface area contributed by atoms with Crippen molar-refractivity contribution in [2.45, 2.75) is 0 Å². The number of rotatable bonds is 4. The van der Waals surface area contributed by atoms with Crippen LogP contribution in [0.4, 0.5) is 0 Å². The summed E-state index contributed by atoms with van der Waals surface area (Å²) in [5.74, 6) is 0.925. The van der Waals surface area contributed by atoms with Crippen LogP contribution in [0.5, 0.6) is 0 Å². The Morgan fingerprint density at radius 3 is 3.12 bits per heavy atom. The van der Waals surface area contributed by atoms with Crippen LogP contribution in [0.25, 0.3) is 10.9 Å². The van der Waals surface area contributed by atoms with Gasteiger partial charge in [-0.3, -0.25) is 4.79 Å². The fourth-order valence-corrected chi connectivity index (χ4v) is 1.94. The number of aromatic nitrogens is 1. The van der Waals surface area contributed by atoms with Crippen molar-refractivity contribution in [3.05, 3.63) is 36.0 Å². The average molecular weight is 234 g/mol. The first kappa shape index (κ1) is 11.1. The maximum Gasteiger partial charge on any atom is 0.253 e. The molecule has 0 aliphatic carbocycles. The zero-order chi connectivity index (χ0) is 11.4. The van der Waals surface area contributed by atoms with Gasteiger partial charge in [-0.1, -0.05) is 12.1 Å². The van der Waals surface area contributed by atoms with E-state index in [0.717, 1.165) is 16.7 Å². The number of fused-ring (bicyclic) bond motifs is 1. The lowest BCUT2D eigenvalue weighted by Crippen LogP contribution is -2.25. The zero-order valence-electron chi connectivity index (χ0n) is 9.12. The lowest BCUT2D eigenvalue weighted by Gasteiger charge is -2.05. The van der Waals surface area contributed by atoms with Crippen LogP contribution in [-0.2, 0) is 0 Å². The highest BCUT2D eigenvalue weighted by Crippen LogP contribution is 2.16. The standard InChI is InChI=1S/C12H14N2OS/c1-16-8-7-14-12(15)10-4-2-3-9-5-6-13-11(9)10/h2-6,13H,7-8H2,1H3,(H,14,15). The van der Waals surface area contributed by atoms with Gasteiger partial charge in [0.25, 0.3) is 5.91 Å². The molecule has 2 N–H and O–H groups in total. The quantitative estimate of drug-likeness (QED) is 0.797. The summed E-state index contributed by atoms with van der Waals surface area (Å²) in [6.45, 7) is 0.705. The molecule has 0 fully saturated rings. The van der Waals surface area contributed by atoms with Gasteiger partial charge in [-0.15, -0.1) is 0 Å². The Balaban J connectivity index is 2.19. The van der Waals surface area contributed by atoms with Crippen LogP contribution in [-0.4, -0.2) is 29.4 Å². The molecule has 2 rings (SSSR count). The predicted molar refractivity (Wildman–Crippen MR) is 69.0 cm³/mol. The Kier molecular flexibility index (Phi) is 3.51. The van der Waals surface area contributed by atoms with Crippen molar-refractivity contribution in [2.75, 3.05) is 18.6 Å². The Bertz CT molecular complexity index is 492. The van der Waals surface area contributed by atoms with Gasteiger partial charge >= 0.3 is 0 Å². The number of amides is 1. The van der Waals surface area contributed by atoms with Crippen LogP contribution < -0.4 is 5.32 Å². The van der Waals surface area contributed by atoms with Crippen LogP contribution in [0.15, 0.2) is 30.5 Å². The second-order valence-corrected chi connectivity index (χ2v) is 4.48. The maximum atomic E-state index is 11.9. The molecule has 84 valence electrons. The van der Waals surface area contributed by atoms with Crippen molar-refractivity contribution in [1.82, 2.24) is 10.3 Å². The molecule has 4 heteroatoms. The molecule has 0 unspecified atom stereocenters. The first-order valence-electron chi connectivity index (χ1n) is 5.16. The molecular formula is C12H14N2OS. The summed E-state index contributed by atoms with van der Waals surface area (Å²) in [4.78, 5) is 15.0. The summed E-state index contributed by atoms with van der Waals surface area (Å²) in [6, 6.07) is 7.70. The molecule has 0 aliphatic rings. The smallest absolute Gasteiger partial charge is 0.253 e. The summed E-state index contributed by atoms with van der Waals surface area (Å²) in [6.07, 6.45) is 3.88. The molecule has 3 nitrogen and oxygen atoms in total. The molecule has 1 aromatic carbocycles. The number of carbonyl (C=O) groups excluding carboxylic acids is 1. The molecule has 0 bridgehead atoms. The molecule has 0 aliphatic heterocycles. The normalized spacial score (nSPS) is 10.6. The second kappa shape index (κ2) is 5.07. The van der Waals surface area contributed by atoms with Gasteiger partial charge in [-0.05, 0) is 18.4 Å². The molecule has 1 amide bonds. The molecule has 0 spiro atoms. The Morgan fingerprint density at radius 1 is 1.44 bits per heavy atom. The summed E-state index contributed by atoms with van der Waals surface area (Å²) in [5, 5.41) is 3.97. The van der Waals surface area contributed by atoms with E-state index in [4.69, 9.17) is 0 Å². The lowest BCUT2D eigenvalue weighted by atomic mass is 10.1. The summed E-state index contributed by atoms with van der Waals surface area (Å²) >= 11 is 1.72. The number of hydrogen-bond acceptors (Lipinski definition) is 2. The van der Waals surface area contributed by atoms with E-state index in [1.54, 1.807) is 11.8 Å².